The molecule has 0 aliphatic heterocycles. The lowest BCUT2D eigenvalue weighted by molar-refractivity contribution is -0.161. The lowest BCUT2D eigenvalue weighted by Crippen LogP contribution is -2.52. The van der Waals surface area contributed by atoms with Crippen LogP contribution in [0.15, 0.2) is 0 Å². The van der Waals surface area contributed by atoms with E-state index in [2.05, 4.69) is 6.92 Å². The van der Waals surface area contributed by atoms with Gasteiger partial charge < -0.3 is 15.2 Å². The van der Waals surface area contributed by atoms with Gasteiger partial charge in [0.05, 0.1) is 6.10 Å². The van der Waals surface area contributed by atoms with E-state index in [4.69, 9.17) is 15.2 Å². The zero-order valence-corrected chi connectivity index (χ0v) is 12.9. The predicted molar refractivity (Wildman–Crippen MR) is 78.3 cm³/mol. The van der Waals surface area contributed by atoms with Gasteiger partial charge in [0, 0.05) is 13.5 Å². The van der Waals surface area contributed by atoms with Crippen LogP contribution in [0.5, 0.6) is 0 Å². The van der Waals surface area contributed by atoms with Gasteiger partial charge in [-0.15, -0.1) is 0 Å². The highest BCUT2D eigenvalue weighted by Crippen LogP contribution is 2.34. The first-order chi connectivity index (χ1) is 9.57. The largest absolute Gasteiger partial charge is 0.461 e. The molecule has 0 spiro atoms. The summed E-state index contributed by atoms with van der Waals surface area (Å²) in [7, 11) is 1.73. The zero-order valence-electron chi connectivity index (χ0n) is 12.9. The molecule has 2 rings (SSSR count). The molecule has 2 N–H and O–H groups in total. The van der Waals surface area contributed by atoms with Crippen LogP contribution in [0.4, 0.5) is 0 Å². The first-order valence-electron chi connectivity index (χ1n) is 8.10. The monoisotopic (exact) mass is 283 g/mol. The maximum atomic E-state index is 12.4. The standard InChI is InChI=1S/C16H29NO3/c1-3-12-7-9-16(17,10-8-12)15(18)20-14-6-4-5-13(11-14)19-2/h12-14H,3-11,17H2,1-2H3. The quantitative estimate of drug-likeness (QED) is 0.806. The fourth-order valence-corrected chi connectivity index (χ4v) is 3.50. The van der Waals surface area contributed by atoms with Gasteiger partial charge >= 0.3 is 5.97 Å². The fraction of sp³-hybridized carbons (Fsp3) is 0.938. The number of rotatable bonds is 4. The Hall–Kier alpha value is -0.610. The minimum Gasteiger partial charge on any atom is -0.461 e. The Labute approximate surface area is 122 Å². The molecular weight excluding hydrogens is 254 g/mol. The number of methoxy groups -OCH3 is 1. The Morgan fingerprint density at radius 3 is 2.45 bits per heavy atom. The Morgan fingerprint density at radius 1 is 1.20 bits per heavy atom. The zero-order chi connectivity index (χ0) is 14.6. The number of hydrogen-bond acceptors (Lipinski definition) is 4. The molecule has 0 aromatic rings. The minimum absolute atomic E-state index is 0.00877. The van der Waals surface area contributed by atoms with Gasteiger partial charge in [0.2, 0.25) is 0 Å². The average molecular weight is 283 g/mol. The van der Waals surface area contributed by atoms with E-state index in [0.29, 0.717) is 0 Å². The van der Waals surface area contributed by atoms with Gasteiger partial charge in [0.1, 0.15) is 11.6 Å². The molecule has 0 amide bonds. The lowest BCUT2D eigenvalue weighted by Gasteiger charge is -2.37. The summed E-state index contributed by atoms with van der Waals surface area (Å²) in [6, 6.07) is 0. The molecule has 2 atom stereocenters. The molecule has 0 radical (unpaired) electrons. The minimum atomic E-state index is -0.744. The second-order valence-corrected chi connectivity index (χ2v) is 6.56. The molecule has 2 aliphatic rings. The molecule has 2 unspecified atom stereocenters. The van der Waals surface area contributed by atoms with Crippen LogP contribution in [0.25, 0.3) is 0 Å². The third kappa shape index (κ3) is 3.73. The normalized spacial score (nSPS) is 38.5. The summed E-state index contributed by atoms with van der Waals surface area (Å²) >= 11 is 0. The third-order valence-electron chi connectivity index (χ3n) is 5.17. The molecule has 116 valence electrons. The van der Waals surface area contributed by atoms with Crippen molar-refractivity contribution in [3.8, 4) is 0 Å². The fourth-order valence-electron chi connectivity index (χ4n) is 3.50. The number of carbonyl (C=O) groups is 1. The second-order valence-electron chi connectivity index (χ2n) is 6.56. The van der Waals surface area contributed by atoms with Crippen LogP contribution < -0.4 is 5.73 Å². The molecule has 4 heteroatoms. The molecule has 20 heavy (non-hydrogen) atoms. The summed E-state index contributed by atoms with van der Waals surface area (Å²) in [5.74, 6) is 0.542. The van der Waals surface area contributed by atoms with Crippen molar-refractivity contribution in [1.29, 1.82) is 0 Å². The van der Waals surface area contributed by atoms with Gasteiger partial charge in [0.25, 0.3) is 0 Å². The van der Waals surface area contributed by atoms with Crippen LogP contribution in [0.2, 0.25) is 0 Å². The Bertz CT molecular complexity index is 324. The van der Waals surface area contributed by atoms with Crippen LogP contribution in [-0.4, -0.2) is 30.8 Å². The van der Waals surface area contributed by atoms with E-state index in [1.54, 1.807) is 7.11 Å². The highest BCUT2D eigenvalue weighted by Gasteiger charge is 2.40. The topological polar surface area (TPSA) is 61.6 Å². The summed E-state index contributed by atoms with van der Waals surface area (Å²) in [6.07, 6.45) is 8.92. The summed E-state index contributed by atoms with van der Waals surface area (Å²) in [6.45, 7) is 2.21. The van der Waals surface area contributed by atoms with Crippen LogP contribution in [-0.2, 0) is 14.3 Å². The van der Waals surface area contributed by atoms with Gasteiger partial charge in [-0.3, -0.25) is 4.79 Å². The van der Waals surface area contributed by atoms with Crippen molar-refractivity contribution in [3.63, 3.8) is 0 Å². The maximum Gasteiger partial charge on any atom is 0.326 e. The molecule has 0 saturated heterocycles. The second kappa shape index (κ2) is 6.90. The van der Waals surface area contributed by atoms with Gasteiger partial charge in [0.15, 0.2) is 0 Å². The molecule has 2 saturated carbocycles. The summed E-state index contributed by atoms with van der Waals surface area (Å²) in [5, 5.41) is 0. The molecule has 0 aromatic heterocycles. The van der Waals surface area contributed by atoms with E-state index in [9.17, 15) is 4.79 Å². The SMILES string of the molecule is CCC1CCC(N)(C(=O)OC2CCCC(OC)C2)CC1. The molecule has 2 aliphatic carbocycles. The molecule has 0 heterocycles. The maximum absolute atomic E-state index is 12.4. The van der Waals surface area contributed by atoms with Gasteiger partial charge in [-0.2, -0.15) is 0 Å². The van der Waals surface area contributed by atoms with E-state index >= 15 is 0 Å². The van der Waals surface area contributed by atoms with E-state index in [0.717, 1.165) is 57.3 Å². The molecule has 4 nitrogen and oxygen atoms in total. The Kier molecular flexibility index (Phi) is 5.44. The first kappa shape index (κ1) is 15.8. The molecule has 0 bridgehead atoms. The van der Waals surface area contributed by atoms with E-state index < -0.39 is 5.54 Å². The van der Waals surface area contributed by atoms with Gasteiger partial charge in [-0.25, -0.2) is 0 Å². The molecular formula is C16H29NO3. The summed E-state index contributed by atoms with van der Waals surface area (Å²) in [4.78, 5) is 12.4. The number of nitrogens with two attached hydrogens (primary N) is 1. The first-order valence-corrected chi connectivity index (χ1v) is 8.10. The van der Waals surface area contributed by atoms with Crippen molar-refractivity contribution in [3.05, 3.63) is 0 Å². The highest BCUT2D eigenvalue weighted by molar-refractivity contribution is 5.80. The van der Waals surface area contributed by atoms with Crippen molar-refractivity contribution in [2.24, 2.45) is 11.7 Å². The molecule has 0 aromatic carbocycles. The highest BCUT2D eigenvalue weighted by atomic mass is 16.5. The lowest BCUT2D eigenvalue weighted by atomic mass is 9.76. The number of carbonyl (C=O) groups excluding carboxylic acids is 1. The Balaban J connectivity index is 1.85. The summed E-state index contributed by atoms with van der Waals surface area (Å²) in [5.41, 5.74) is 5.55. The van der Waals surface area contributed by atoms with Gasteiger partial charge in [-0.1, -0.05) is 13.3 Å². The van der Waals surface area contributed by atoms with Crippen molar-refractivity contribution >= 4 is 5.97 Å². The van der Waals surface area contributed by atoms with Crippen molar-refractivity contribution in [1.82, 2.24) is 0 Å². The van der Waals surface area contributed by atoms with Crippen molar-refractivity contribution in [2.75, 3.05) is 7.11 Å². The van der Waals surface area contributed by atoms with E-state index in [1.807, 2.05) is 0 Å². The number of hydrogen-bond donors (Lipinski definition) is 1. The van der Waals surface area contributed by atoms with Gasteiger partial charge in [-0.05, 0) is 50.9 Å². The average Bonchev–Trinajstić information content (AvgIpc) is 2.48. The number of ether oxygens (including phenoxy) is 2. The van der Waals surface area contributed by atoms with Crippen LogP contribution in [0.3, 0.4) is 0 Å². The summed E-state index contributed by atoms with van der Waals surface area (Å²) < 4.78 is 11.1. The number of esters is 1. The van der Waals surface area contributed by atoms with Crippen LogP contribution in [0.1, 0.15) is 64.7 Å². The predicted octanol–water partition coefficient (Wildman–Crippen LogP) is 2.78. The van der Waals surface area contributed by atoms with Crippen molar-refractivity contribution < 1.29 is 14.3 Å². The Morgan fingerprint density at radius 2 is 1.85 bits per heavy atom. The van der Waals surface area contributed by atoms with E-state index in [-0.39, 0.29) is 18.2 Å². The third-order valence-corrected chi connectivity index (χ3v) is 5.17. The van der Waals surface area contributed by atoms with Crippen LogP contribution >= 0.6 is 0 Å². The van der Waals surface area contributed by atoms with Crippen molar-refractivity contribution in [2.45, 2.75) is 82.5 Å². The molecule has 2 fully saturated rings. The van der Waals surface area contributed by atoms with Crippen LogP contribution in [0, 0.1) is 5.92 Å². The van der Waals surface area contributed by atoms with E-state index in [1.165, 1.54) is 6.42 Å². The smallest absolute Gasteiger partial charge is 0.326 e.